The van der Waals surface area contributed by atoms with E-state index in [1.54, 1.807) is 0 Å². The number of carbonyl (C=O) groups excluding carboxylic acids is 1. The molecule has 1 fully saturated rings. The molecule has 1 rings (SSSR count). The third kappa shape index (κ3) is 7.50. The molecular formula is C14H29N3O2. The molecule has 0 bridgehead atoms. The molecule has 1 unspecified atom stereocenters. The predicted molar refractivity (Wildman–Crippen MR) is 77.2 cm³/mol. The van der Waals surface area contributed by atoms with Crippen LogP contribution >= 0.6 is 0 Å². The van der Waals surface area contributed by atoms with Crippen molar-refractivity contribution in [1.82, 2.24) is 15.5 Å². The molecule has 1 aliphatic rings. The van der Waals surface area contributed by atoms with E-state index in [1.807, 2.05) is 21.0 Å². The van der Waals surface area contributed by atoms with Gasteiger partial charge in [-0.1, -0.05) is 12.8 Å². The highest BCUT2D eigenvalue weighted by Gasteiger charge is 2.19. The van der Waals surface area contributed by atoms with Crippen molar-refractivity contribution in [2.75, 3.05) is 40.4 Å². The molecule has 0 aromatic heterocycles. The van der Waals surface area contributed by atoms with Crippen LogP contribution in [-0.4, -0.2) is 63.3 Å². The Bertz CT molecular complexity index is 253. The first-order valence-electron chi connectivity index (χ1n) is 7.36. The number of ether oxygens (including phenoxy) is 1. The molecule has 0 aliphatic heterocycles. The van der Waals surface area contributed by atoms with Gasteiger partial charge in [-0.15, -0.1) is 0 Å². The lowest BCUT2D eigenvalue weighted by Gasteiger charge is -2.18. The summed E-state index contributed by atoms with van der Waals surface area (Å²) in [6, 6.07) is 0.256. The van der Waals surface area contributed by atoms with Gasteiger partial charge in [0.25, 0.3) is 0 Å². The van der Waals surface area contributed by atoms with Crippen LogP contribution in [0.4, 0.5) is 0 Å². The zero-order valence-electron chi connectivity index (χ0n) is 12.6. The summed E-state index contributed by atoms with van der Waals surface area (Å²) in [6.45, 7) is 4.93. The van der Waals surface area contributed by atoms with Crippen molar-refractivity contribution in [3.8, 4) is 0 Å². The van der Waals surface area contributed by atoms with Crippen molar-refractivity contribution in [3.63, 3.8) is 0 Å². The number of amides is 1. The van der Waals surface area contributed by atoms with E-state index in [0.29, 0.717) is 19.2 Å². The molecule has 0 aromatic carbocycles. The van der Waals surface area contributed by atoms with Crippen molar-refractivity contribution in [3.05, 3.63) is 0 Å². The molecule has 1 amide bonds. The predicted octanol–water partition coefficient (Wildman–Crippen LogP) is 0.602. The van der Waals surface area contributed by atoms with Crippen LogP contribution < -0.4 is 10.6 Å². The molecule has 5 nitrogen and oxygen atoms in total. The molecule has 112 valence electrons. The van der Waals surface area contributed by atoms with Gasteiger partial charge in [0, 0.05) is 19.1 Å². The number of carbonyl (C=O) groups is 1. The molecule has 1 aliphatic carbocycles. The van der Waals surface area contributed by atoms with Gasteiger partial charge in [0.1, 0.15) is 0 Å². The molecule has 0 saturated heterocycles. The van der Waals surface area contributed by atoms with E-state index in [4.69, 9.17) is 4.74 Å². The molecule has 0 heterocycles. The minimum atomic E-state index is -0.141. The summed E-state index contributed by atoms with van der Waals surface area (Å²) in [4.78, 5) is 14.0. The van der Waals surface area contributed by atoms with E-state index in [0.717, 1.165) is 26.0 Å². The van der Waals surface area contributed by atoms with Gasteiger partial charge in [-0.05, 0) is 33.9 Å². The lowest BCUT2D eigenvalue weighted by molar-refractivity contribution is -0.123. The first-order valence-corrected chi connectivity index (χ1v) is 7.36. The Balaban J connectivity index is 1.99. The molecule has 19 heavy (non-hydrogen) atoms. The van der Waals surface area contributed by atoms with Crippen molar-refractivity contribution in [2.24, 2.45) is 0 Å². The summed E-state index contributed by atoms with van der Waals surface area (Å²) in [5.74, 6) is 0.111. The van der Waals surface area contributed by atoms with Crippen LogP contribution in [0.25, 0.3) is 0 Å². The molecule has 2 N–H and O–H groups in total. The Hall–Kier alpha value is -0.650. The average molecular weight is 271 g/mol. The summed E-state index contributed by atoms with van der Waals surface area (Å²) < 4.78 is 5.47. The van der Waals surface area contributed by atoms with Crippen molar-refractivity contribution >= 4 is 5.91 Å². The highest BCUT2D eigenvalue weighted by Crippen LogP contribution is 2.17. The summed E-state index contributed by atoms with van der Waals surface area (Å²) in [5, 5.41) is 6.29. The Kier molecular flexibility index (Phi) is 8.02. The number of nitrogens with one attached hydrogen (secondary N) is 2. The SMILES string of the molecule is CC(NCCOCCN(C)C)C(=O)NC1CCCC1. The molecule has 1 saturated carbocycles. The first kappa shape index (κ1) is 16.4. The minimum Gasteiger partial charge on any atom is -0.379 e. The summed E-state index contributed by atoms with van der Waals surface area (Å²) >= 11 is 0. The van der Waals surface area contributed by atoms with Gasteiger partial charge in [0.15, 0.2) is 0 Å². The molecule has 0 aromatic rings. The fourth-order valence-electron chi connectivity index (χ4n) is 2.19. The fraction of sp³-hybridized carbons (Fsp3) is 0.929. The Morgan fingerprint density at radius 2 is 2.00 bits per heavy atom. The standard InChI is InChI=1S/C14H29N3O2/c1-12(14(18)16-13-6-4-5-7-13)15-8-10-19-11-9-17(2)3/h12-13,15H,4-11H2,1-3H3,(H,16,18). The van der Waals surface area contributed by atoms with E-state index >= 15 is 0 Å². The lowest BCUT2D eigenvalue weighted by atomic mass is 10.2. The van der Waals surface area contributed by atoms with Gasteiger partial charge < -0.3 is 20.3 Å². The maximum Gasteiger partial charge on any atom is 0.237 e. The van der Waals surface area contributed by atoms with Crippen molar-refractivity contribution < 1.29 is 9.53 Å². The molecule has 0 spiro atoms. The number of hydrogen-bond acceptors (Lipinski definition) is 4. The highest BCUT2D eigenvalue weighted by molar-refractivity contribution is 5.81. The lowest BCUT2D eigenvalue weighted by Crippen LogP contribution is -2.46. The summed E-state index contributed by atoms with van der Waals surface area (Å²) in [5.41, 5.74) is 0. The molecule has 1 atom stereocenters. The van der Waals surface area contributed by atoms with E-state index in [1.165, 1.54) is 12.8 Å². The zero-order valence-corrected chi connectivity index (χ0v) is 12.6. The number of likely N-dealkylation sites (N-methyl/N-ethyl adjacent to an activating group) is 1. The van der Waals surface area contributed by atoms with Crippen LogP contribution in [0.1, 0.15) is 32.6 Å². The smallest absolute Gasteiger partial charge is 0.237 e. The van der Waals surface area contributed by atoms with E-state index in [9.17, 15) is 4.79 Å². The van der Waals surface area contributed by atoms with Crippen LogP contribution in [-0.2, 0) is 9.53 Å². The topological polar surface area (TPSA) is 53.6 Å². The molecular weight excluding hydrogens is 242 g/mol. The van der Waals surface area contributed by atoms with E-state index in [-0.39, 0.29) is 11.9 Å². The van der Waals surface area contributed by atoms with Gasteiger partial charge in [0.2, 0.25) is 5.91 Å². The van der Waals surface area contributed by atoms with Gasteiger partial charge in [-0.2, -0.15) is 0 Å². The first-order chi connectivity index (χ1) is 9.09. The van der Waals surface area contributed by atoms with Gasteiger partial charge in [-0.3, -0.25) is 4.79 Å². The largest absolute Gasteiger partial charge is 0.379 e. The Labute approximate surface area is 117 Å². The third-order valence-electron chi connectivity index (χ3n) is 3.47. The number of rotatable bonds is 9. The van der Waals surface area contributed by atoms with Crippen molar-refractivity contribution in [2.45, 2.75) is 44.7 Å². The van der Waals surface area contributed by atoms with E-state index in [2.05, 4.69) is 15.5 Å². The van der Waals surface area contributed by atoms with Crippen molar-refractivity contribution in [1.29, 1.82) is 0 Å². The minimum absolute atomic E-state index is 0.111. The second kappa shape index (κ2) is 9.28. The normalized spacial score (nSPS) is 17.9. The highest BCUT2D eigenvalue weighted by atomic mass is 16.5. The maximum absolute atomic E-state index is 11.9. The molecule has 0 radical (unpaired) electrons. The summed E-state index contributed by atoms with van der Waals surface area (Å²) in [7, 11) is 4.05. The maximum atomic E-state index is 11.9. The van der Waals surface area contributed by atoms with Gasteiger partial charge >= 0.3 is 0 Å². The second-order valence-electron chi connectivity index (χ2n) is 5.58. The van der Waals surface area contributed by atoms with Gasteiger partial charge in [-0.25, -0.2) is 0 Å². The zero-order chi connectivity index (χ0) is 14.1. The van der Waals surface area contributed by atoms with E-state index < -0.39 is 0 Å². The average Bonchev–Trinajstić information content (AvgIpc) is 2.85. The van der Waals surface area contributed by atoms with Crippen LogP contribution in [0.15, 0.2) is 0 Å². The fourth-order valence-corrected chi connectivity index (χ4v) is 2.19. The monoisotopic (exact) mass is 271 g/mol. The molecule has 5 heteroatoms. The summed E-state index contributed by atoms with van der Waals surface area (Å²) in [6.07, 6.45) is 4.75. The van der Waals surface area contributed by atoms with Crippen LogP contribution in [0, 0.1) is 0 Å². The number of hydrogen-bond donors (Lipinski definition) is 2. The van der Waals surface area contributed by atoms with Crippen LogP contribution in [0.3, 0.4) is 0 Å². The number of nitrogens with zero attached hydrogens (tertiary/aromatic N) is 1. The quantitative estimate of drug-likeness (QED) is 0.603. The van der Waals surface area contributed by atoms with Gasteiger partial charge in [0.05, 0.1) is 19.3 Å². The van der Waals surface area contributed by atoms with Crippen LogP contribution in [0.5, 0.6) is 0 Å². The second-order valence-corrected chi connectivity index (χ2v) is 5.58. The Morgan fingerprint density at radius 3 is 2.63 bits per heavy atom. The third-order valence-corrected chi connectivity index (χ3v) is 3.47. The Morgan fingerprint density at radius 1 is 1.32 bits per heavy atom. The van der Waals surface area contributed by atoms with Crippen LogP contribution in [0.2, 0.25) is 0 Å².